The second-order valence-corrected chi connectivity index (χ2v) is 5.82. The van der Waals surface area contributed by atoms with Crippen molar-refractivity contribution in [3.63, 3.8) is 0 Å². The molecule has 2 N–H and O–H groups in total. The summed E-state index contributed by atoms with van der Waals surface area (Å²) in [5, 5.41) is 3.38. The largest absolute Gasteiger partial charge is 0.370 e. The molecular formula is C13H17BrClN2O2+. The predicted molar refractivity (Wildman–Crippen MR) is 77.9 cm³/mol. The van der Waals surface area contributed by atoms with Gasteiger partial charge in [0.25, 0.3) is 5.91 Å². The summed E-state index contributed by atoms with van der Waals surface area (Å²) in [5.41, 5.74) is 0.507. The van der Waals surface area contributed by atoms with Crippen molar-refractivity contribution in [1.82, 2.24) is 5.32 Å². The van der Waals surface area contributed by atoms with Gasteiger partial charge in [-0.3, -0.25) is 4.79 Å². The molecule has 0 aromatic heterocycles. The van der Waals surface area contributed by atoms with Crippen molar-refractivity contribution in [3.8, 4) is 0 Å². The number of carbonyl (C=O) groups is 1. The van der Waals surface area contributed by atoms with E-state index in [0.29, 0.717) is 17.1 Å². The van der Waals surface area contributed by atoms with E-state index in [1.165, 1.54) is 4.90 Å². The molecule has 1 heterocycles. The van der Waals surface area contributed by atoms with Gasteiger partial charge in [0.15, 0.2) is 0 Å². The number of rotatable bonds is 4. The fourth-order valence-corrected chi connectivity index (χ4v) is 2.59. The van der Waals surface area contributed by atoms with Crippen LogP contribution in [0, 0.1) is 0 Å². The van der Waals surface area contributed by atoms with Gasteiger partial charge >= 0.3 is 0 Å². The molecule has 0 aliphatic carbocycles. The molecule has 0 spiro atoms. The Kier molecular flexibility index (Phi) is 5.63. The topological polar surface area (TPSA) is 42.8 Å². The maximum absolute atomic E-state index is 12.0. The van der Waals surface area contributed by atoms with Gasteiger partial charge in [0.2, 0.25) is 0 Å². The minimum absolute atomic E-state index is 0.126. The summed E-state index contributed by atoms with van der Waals surface area (Å²) in [6.07, 6.45) is 0. The number of quaternary nitrogens is 1. The number of hydrogen-bond acceptors (Lipinski definition) is 2. The molecule has 4 nitrogen and oxygen atoms in total. The highest BCUT2D eigenvalue weighted by Crippen LogP contribution is 2.20. The maximum atomic E-state index is 12.0. The zero-order valence-corrected chi connectivity index (χ0v) is 12.9. The lowest BCUT2D eigenvalue weighted by Gasteiger charge is -2.23. The quantitative estimate of drug-likeness (QED) is 0.843. The number of morpholine rings is 1. The summed E-state index contributed by atoms with van der Waals surface area (Å²) < 4.78 is 6.14. The highest BCUT2D eigenvalue weighted by molar-refractivity contribution is 9.10. The SMILES string of the molecule is O=C(NCC[NH+]1CCOCC1)c1cc(Br)ccc1Cl. The molecule has 1 amide bonds. The van der Waals surface area contributed by atoms with E-state index in [1.807, 2.05) is 6.07 Å². The Balaban J connectivity index is 1.82. The first-order valence-electron chi connectivity index (χ1n) is 6.31. The Bertz CT molecular complexity index is 450. The summed E-state index contributed by atoms with van der Waals surface area (Å²) >= 11 is 9.35. The van der Waals surface area contributed by atoms with Crippen LogP contribution in [0.4, 0.5) is 0 Å². The van der Waals surface area contributed by atoms with Gasteiger partial charge in [-0.1, -0.05) is 27.5 Å². The summed E-state index contributed by atoms with van der Waals surface area (Å²) in [5.74, 6) is -0.126. The van der Waals surface area contributed by atoms with Crippen molar-refractivity contribution in [2.24, 2.45) is 0 Å². The van der Waals surface area contributed by atoms with E-state index in [1.54, 1.807) is 12.1 Å². The molecule has 1 fully saturated rings. The number of carbonyl (C=O) groups excluding carboxylic acids is 1. The molecule has 1 aromatic rings. The monoisotopic (exact) mass is 347 g/mol. The Morgan fingerprint density at radius 3 is 2.89 bits per heavy atom. The van der Waals surface area contributed by atoms with Crippen molar-refractivity contribution in [2.75, 3.05) is 39.4 Å². The van der Waals surface area contributed by atoms with Gasteiger partial charge in [0.1, 0.15) is 13.1 Å². The van der Waals surface area contributed by atoms with Crippen LogP contribution >= 0.6 is 27.5 Å². The smallest absolute Gasteiger partial charge is 0.253 e. The first kappa shape index (κ1) is 14.8. The second kappa shape index (κ2) is 7.24. The molecule has 104 valence electrons. The maximum Gasteiger partial charge on any atom is 0.253 e. The lowest BCUT2D eigenvalue weighted by atomic mass is 10.2. The van der Waals surface area contributed by atoms with Gasteiger partial charge in [-0.25, -0.2) is 0 Å². The fraction of sp³-hybridized carbons (Fsp3) is 0.462. The van der Waals surface area contributed by atoms with Crippen molar-refractivity contribution < 1.29 is 14.4 Å². The van der Waals surface area contributed by atoms with Crippen LogP contribution in [-0.4, -0.2) is 45.3 Å². The zero-order valence-electron chi connectivity index (χ0n) is 10.5. The minimum atomic E-state index is -0.126. The first-order chi connectivity index (χ1) is 9.16. The number of halogens is 2. The molecule has 0 saturated carbocycles. The number of benzene rings is 1. The van der Waals surface area contributed by atoms with E-state index in [2.05, 4.69) is 21.2 Å². The molecule has 0 atom stereocenters. The van der Waals surface area contributed by atoms with E-state index in [-0.39, 0.29) is 5.91 Å². The van der Waals surface area contributed by atoms with Gasteiger partial charge in [0.05, 0.1) is 36.9 Å². The number of nitrogens with one attached hydrogen (secondary N) is 2. The third-order valence-electron chi connectivity index (χ3n) is 3.14. The fourth-order valence-electron chi connectivity index (χ4n) is 2.03. The molecule has 1 aromatic carbocycles. The third-order valence-corrected chi connectivity index (χ3v) is 3.96. The summed E-state index contributed by atoms with van der Waals surface area (Å²) in [7, 11) is 0. The van der Waals surface area contributed by atoms with Crippen molar-refractivity contribution in [2.45, 2.75) is 0 Å². The first-order valence-corrected chi connectivity index (χ1v) is 7.48. The number of amides is 1. The van der Waals surface area contributed by atoms with Gasteiger partial charge in [-0.2, -0.15) is 0 Å². The lowest BCUT2D eigenvalue weighted by Crippen LogP contribution is -3.14. The molecule has 0 radical (unpaired) electrons. The normalized spacial score (nSPS) is 16.3. The zero-order chi connectivity index (χ0) is 13.7. The van der Waals surface area contributed by atoms with Gasteiger partial charge in [-0.05, 0) is 18.2 Å². The van der Waals surface area contributed by atoms with E-state index in [4.69, 9.17) is 16.3 Å². The highest BCUT2D eigenvalue weighted by Gasteiger charge is 2.15. The average molecular weight is 349 g/mol. The van der Waals surface area contributed by atoms with Crippen LogP contribution in [0.25, 0.3) is 0 Å². The van der Waals surface area contributed by atoms with Crippen molar-refractivity contribution >= 4 is 33.4 Å². The average Bonchev–Trinajstić information content (AvgIpc) is 2.42. The predicted octanol–water partition coefficient (Wildman–Crippen LogP) is 0.747. The molecule has 1 aliphatic heterocycles. The van der Waals surface area contributed by atoms with Crippen molar-refractivity contribution in [1.29, 1.82) is 0 Å². The minimum Gasteiger partial charge on any atom is -0.370 e. The van der Waals surface area contributed by atoms with E-state index in [9.17, 15) is 4.79 Å². The Morgan fingerprint density at radius 2 is 2.16 bits per heavy atom. The molecule has 1 aliphatic rings. The van der Waals surface area contributed by atoms with Crippen LogP contribution in [0.1, 0.15) is 10.4 Å². The van der Waals surface area contributed by atoms with Gasteiger partial charge < -0.3 is 15.0 Å². The third kappa shape index (κ3) is 4.45. The standard InChI is InChI=1S/C13H16BrClN2O2/c14-10-1-2-12(15)11(9-10)13(18)16-3-4-17-5-7-19-8-6-17/h1-2,9H,3-8H2,(H,16,18)/p+1. The van der Waals surface area contributed by atoms with Crippen molar-refractivity contribution in [3.05, 3.63) is 33.3 Å². The summed E-state index contributed by atoms with van der Waals surface area (Å²) in [4.78, 5) is 13.5. The van der Waals surface area contributed by atoms with Crippen LogP contribution < -0.4 is 10.2 Å². The van der Waals surface area contributed by atoms with E-state index >= 15 is 0 Å². The molecule has 6 heteroatoms. The van der Waals surface area contributed by atoms with E-state index < -0.39 is 0 Å². The van der Waals surface area contributed by atoms with Crippen LogP contribution in [0.5, 0.6) is 0 Å². The second-order valence-electron chi connectivity index (χ2n) is 4.49. The molecular weight excluding hydrogens is 332 g/mol. The molecule has 0 unspecified atom stereocenters. The van der Waals surface area contributed by atoms with Crippen LogP contribution in [0.15, 0.2) is 22.7 Å². The Morgan fingerprint density at radius 1 is 1.42 bits per heavy atom. The summed E-state index contributed by atoms with van der Waals surface area (Å²) in [6, 6.07) is 5.27. The molecule has 19 heavy (non-hydrogen) atoms. The van der Waals surface area contributed by atoms with Crippen LogP contribution in [0.2, 0.25) is 5.02 Å². The molecule has 2 rings (SSSR count). The Labute approximate surface area is 126 Å². The molecule has 1 saturated heterocycles. The lowest BCUT2D eigenvalue weighted by molar-refractivity contribution is -0.906. The summed E-state index contributed by atoms with van der Waals surface area (Å²) in [6.45, 7) is 5.19. The number of ether oxygens (including phenoxy) is 1. The van der Waals surface area contributed by atoms with Crippen LogP contribution in [0.3, 0.4) is 0 Å². The van der Waals surface area contributed by atoms with Gasteiger partial charge in [0, 0.05) is 4.47 Å². The van der Waals surface area contributed by atoms with E-state index in [0.717, 1.165) is 37.3 Å². The van der Waals surface area contributed by atoms with Crippen LogP contribution in [-0.2, 0) is 4.74 Å². The Hall–Kier alpha value is -0.620. The van der Waals surface area contributed by atoms with Gasteiger partial charge in [-0.15, -0.1) is 0 Å². The highest BCUT2D eigenvalue weighted by atomic mass is 79.9. The molecule has 0 bridgehead atoms. The number of hydrogen-bond donors (Lipinski definition) is 2.